The smallest absolute Gasteiger partial charge is 0.326 e. The molecule has 0 saturated carbocycles. The lowest BCUT2D eigenvalue weighted by Gasteiger charge is -2.29. The van der Waals surface area contributed by atoms with Crippen molar-refractivity contribution in [2.24, 2.45) is 0 Å². The number of carbonyl (C=O) groups excluding carboxylic acids is 2. The van der Waals surface area contributed by atoms with E-state index in [0.29, 0.717) is 4.57 Å². The summed E-state index contributed by atoms with van der Waals surface area (Å²) in [6.45, 7) is 2.92. The van der Waals surface area contributed by atoms with Crippen LogP contribution in [0.3, 0.4) is 0 Å². The molecule has 0 fully saturated rings. The number of anilines is 2. The van der Waals surface area contributed by atoms with E-state index in [9.17, 15) is 40.8 Å². The number of hydrogen-bond donors (Lipinski definition) is 4. The van der Waals surface area contributed by atoms with E-state index in [2.05, 4.69) is 5.32 Å². The van der Waals surface area contributed by atoms with Crippen LogP contribution in [0.5, 0.6) is 0 Å². The summed E-state index contributed by atoms with van der Waals surface area (Å²) in [6.07, 6.45) is -5.66. The monoisotopic (exact) mass is 537 g/mol. The van der Waals surface area contributed by atoms with Crippen molar-refractivity contribution in [1.29, 1.82) is 0 Å². The molecule has 0 saturated heterocycles. The average molecular weight is 537 g/mol. The number of carbonyl (C=O) groups is 2. The molecule has 0 radical (unpaired) electrons. The maximum absolute atomic E-state index is 14.6. The summed E-state index contributed by atoms with van der Waals surface area (Å²) in [7, 11) is -5.10. The highest BCUT2D eigenvalue weighted by Crippen LogP contribution is 2.46. The molecule has 1 aromatic heterocycles. The molecule has 194 valence electrons. The zero-order chi connectivity index (χ0) is 27.3. The predicted octanol–water partition coefficient (Wildman–Crippen LogP) is 1.48. The van der Waals surface area contributed by atoms with Gasteiger partial charge in [0, 0.05) is 12.6 Å². The van der Waals surface area contributed by atoms with Crippen LogP contribution in [0.15, 0.2) is 63.0 Å². The van der Waals surface area contributed by atoms with E-state index in [0.717, 1.165) is 29.8 Å². The Morgan fingerprint density at radius 1 is 1.00 bits per heavy atom. The molecule has 0 bridgehead atoms. The van der Waals surface area contributed by atoms with Gasteiger partial charge in [-0.3, -0.25) is 19.4 Å². The molecule has 37 heavy (non-hydrogen) atoms. The lowest BCUT2D eigenvalue weighted by atomic mass is 9.93. The molecule has 11 nitrogen and oxygen atoms in total. The molecule has 0 spiro atoms. The van der Waals surface area contributed by atoms with Crippen LogP contribution >= 0.6 is 0 Å². The largest absolute Gasteiger partial charge is 0.421 e. The van der Waals surface area contributed by atoms with E-state index in [1.54, 1.807) is 24.0 Å². The minimum Gasteiger partial charge on any atom is -0.326 e. The minimum absolute atomic E-state index is 0.0118. The zero-order valence-electron chi connectivity index (χ0n) is 19.1. The maximum Gasteiger partial charge on any atom is 0.421 e. The number of amides is 2. The highest BCUT2D eigenvalue weighted by Gasteiger charge is 2.69. The third kappa shape index (κ3) is 4.31. The molecule has 3 aromatic rings. The van der Waals surface area contributed by atoms with Crippen LogP contribution in [0.4, 0.5) is 24.7 Å². The second-order valence-electron chi connectivity index (χ2n) is 8.17. The summed E-state index contributed by atoms with van der Waals surface area (Å²) in [5.41, 5.74) is -7.24. The zero-order valence-corrected chi connectivity index (χ0v) is 19.9. The summed E-state index contributed by atoms with van der Waals surface area (Å²) in [5.74, 6) is -3.23. The standard InChI is InChI=1S/C22H18F3N5O6S/c1-11-3-7-14(8-4-11)30-17-16(18(32)28-20(30)34)21(19(33)27-17,22(23,24)25)29-37(35,36)15-9-5-13(6-10-15)26-12(2)31/h3-10,29H,1-2H3,(H,26,31)(H,27,33)(H,28,32,34). The first-order valence-electron chi connectivity index (χ1n) is 10.4. The summed E-state index contributed by atoms with van der Waals surface area (Å²) < 4.78 is 71.8. The predicted molar refractivity (Wildman–Crippen MR) is 125 cm³/mol. The van der Waals surface area contributed by atoms with Gasteiger partial charge in [-0.1, -0.05) is 17.7 Å². The van der Waals surface area contributed by atoms with Crippen molar-refractivity contribution < 1.29 is 31.2 Å². The summed E-state index contributed by atoms with van der Waals surface area (Å²) in [4.78, 5) is 50.4. The molecule has 2 aromatic carbocycles. The number of alkyl halides is 3. The van der Waals surface area contributed by atoms with Crippen LogP contribution in [0.1, 0.15) is 18.1 Å². The van der Waals surface area contributed by atoms with Crippen LogP contribution in [0, 0.1) is 6.92 Å². The minimum atomic E-state index is -5.66. The number of benzene rings is 2. The lowest BCUT2D eigenvalue weighted by Crippen LogP contribution is -2.61. The molecule has 2 amide bonds. The molecule has 1 unspecified atom stereocenters. The van der Waals surface area contributed by atoms with E-state index < -0.39 is 61.1 Å². The number of H-pyrrole nitrogens is 1. The van der Waals surface area contributed by atoms with Crippen molar-refractivity contribution in [1.82, 2.24) is 14.3 Å². The molecular formula is C22H18F3N5O6S. The number of aromatic nitrogens is 2. The first-order chi connectivity index (χ1) is 17.2. The Hall–Kier alpha value is -4.24. The number of aryl methyl sites for hydroxylation is 1. The van der Waals surface area contributed by atoms with Crippen molar-refractivity contribution in [2.75, 3.05) is 10.6 Å². The first-order valence-corrected chi connectivity index (χ1v) is 11.9. The number of hydrogen-bond acceptors (Lipinski definition) is 6. The van der Waals surface area contributed by atoms with Crippen LogP contribution in [-0.4, -0.2) is 36.0 Å². The number of aromatic amines is 1. The van der Waals surface area contributed by atoms with E-state index >= 15 is 0 Å². The van der Waals surface area contributed by atoms with E-state index in [4.69, 9.17) is 0 Å². The molecule has 2 heterocycles. The Balaban J connectivity index is 1.92. The fourth-order valence-corrected chi connectivity index (χ4v) is 5.19. The normalized spacial score (nSPS) is 17.3. The highest BCUT2D eigenvalue weighted by atomic mass is 32.2. The quantitative estimate of drug-likeness (QED) is 0.386. The molecule has 1 aliphatic heterocycles. The Bertz CT molecular complexity index is 1640. The van der Waals surface area contributed by atoms with Gasteiger partial charge in [-0.25, -0.2) is 17.8 Å². The number of nitrogens with one attached hydrogen (secondary N) is 4. The number of fused-ring (bicyclic) bond motifs is 1. The fraction of sp³-hybridized carbons (Fsp3) is 0.182. The van der Waals surface area contributed by atoms with Gasteiger partial charge < -0.3 is 10.6 Å². The maximum atomic E-state index is 14.6. The van der Waals surface area contributed by atoms with Gasteiger partial charge in [-0.05, 0) is 43.3 Å². The number of nitrogens with zero attached hydrogens (tertiary/aromatic N) is 1. The van der Waals surface area contributed by atoms with Gasteiger partial charge in [0.15, 0.2) is 0 Å². The molecule has 1 atom stereocenters. The van der Waals surface area contributed by atoms with Crippen molar-refractivity contribution in [3.8, 4) is 5.69 Å². The number of sulfonamides is 1. The van der Waals surface area contributed by atoms with Crippen molar-refractivity contribution in [3.63, 3.8) is 0 Å². The second-order valence-corrected chi connectivity index (χ2v) is 9.85. The van der Waals surface area contributed by atoms with Crippen molar-refractivity contribution in [3.05, 3.63) is 80.5 Å². The van der Waals surface area contributed by atoms with Gasteiger partial charge in [0.2, 0.25) is 21.5 Å². The molecule has 15 heteroatoms. The summed E-state index contributed by atoms with van der Waals surface area (Å²) >= 11 is 0. The lowest BCUT2D eigenvalue weighted by molar-refractivity contribution is -0.194. The second kappa shape index (κ2) is 8.70. The Kier molecular flexibility index (Phi) is 6.08. The molecular weight excluding hydrogens is 519 g/mol. The summed E-state index contributed by atoms with van der Waals surface area (Å²) in [5, 5.41) is 4.24. The van der Waals surface area contributed by atoms with Gasteiger partial charge in [-0.15, -0.1) is 0 Å². The van der Waals surface area contributed by atoms with E-state index in [1.165, 1.54) is 23.8 Å². The van der Waals surface area contributed by atoms with Crippen LogP contribution in [0.2, 0.25) is 0 Å². The van der Waals surface area contributed by atoms with Gasteiger partial charge >= 0.3 is 11.9 Å². The first kappa shape index (κ1) is 25.8. The van der Waals surface area contributed by atoms with E-state index in [-0.39, 0.29) is 11.4 Å². The van der Waals surface area contributed by atoms with Crippen molar-refractivity contribution >= 4 is 33.3 Å². The number of halogens is 3. The Morgan fingerprint density at radius 3 is 2.14 bits per heavy atom. The SMILES string of the molecule is CC(=O)Nc1ccc(S(=O)(=O)NC2(C(F)(F)F)C(=O)Nc3c2c(=O)[nH]c(=O)n3-c2ccc(C)cc2)cc1. The van der Waals surface area contributed by atoms with Crippen LogP contribution < -0.4 is 26.6 Å². The molecule has 1 aliphatic rings. The van der Waals surface area contributed by atoms with Crippen LogP contribution in [-0.2, 0) is 25.2 Å². The summed E-state index contributed by atoms with van der Waals surface area (Å²) in [6, 6.07) is 9.89. The molecule has 0 aliphatic carbocycles. The van der Waals surface area contributed by atoms with Gasteiger partial charge in [0.1, 0.15) is 5.82 Å². The average Bonchev–Trinajstić information content (AvgIpc) is 3.07. The Morgan fingerprint density at radius 2 is 1.59 bits per heavy atom. The molecule has 4 rings (SSSR count). The highest BCUT2D eigenvalue weighted by molar-refractivity contribution is 7.89. The van der Waals surface area contributed by atoms with Gasteiger partial charge in [0.25, 0.3) is 11.5 Å². The Labute approximate surface area is 206 Å². The topological polar surface area (TPSA) is 159 Å². The third-order valence-corrected chi connectivity index (χ3v) is 7.02. The number of rotatable bonds is 5. The van der Waals surface area contributed by atoms with Gasteiger partial charge in [0.05, 0.1) is 16.1 Å². The van der Waals surface area contributed by atoms with Crippen molar-refractivity contribution in [2.45, 2.75) is 30.5 Å². The molecule has 4 N–H and O–H groups in total. The van der Waals surface area contributed by atoms with Crippen LogP contribution in [0.25, 0.3) is 5.69 Å². The van der Waals surface area contributed by atoms with E-state index in [1.807, 2.05) is 5.32 Å². The van der Waals surface area contributed by atoms with Gasteiger partial charge in [-0.2, -0.15) is 17.9 Å². The third-order valence-electron chi connectivity index (χ3n) is 5.55. The fourth-order valence-electron chi connectivity index (χ4n) is 3.86.